The number of hydrogen-bond donors (Lipinski definition) is 0. The predicted molar refractivity (Wildman–Crippen MR) is 67.9 cm³/mol. The van der Waals surface area contributed by atoms with Gasteiger partial charge in [-0.2, -0.15) is 0 Å². The monoisotopic (exact) mass is 208 g/mol. The van der Waals surface area contributed by atoms with Crippen molar-refractivity contribution in [3.05, 3.63) is 35.4 Å². The summed E-state index contributed by atoms with van der Waals surface area (Å²) < 4.78 is 0. The molecular formula is C13H21P. The summed E-state index contributed by atoms with van der Waals surface area (Å²) >= 11 is 0. The summed E-state index contributed by atoms with van der Waals surface area (Å²) in [5.41, 5.74) is 2.83. The lowest BCUT2D eigenvalue weighted by Gasteiger charge is -2.19. The largest absolute Gasteiger partial charge is 0.127 e. The zero-order valence-corrected chi connectivity index (χ0v) is 10.8. The van der Waals surface area contributed by atoms with E-state index < -0.39 is 0 Å². The number of hydrogen-bond acceptors (Lipinski definition) is 0. The average Bonchev–Trinajstić information content (AvgIpc) is 2.15. The molecule has 1 aromatic rings. The van der Waals surface area contributed by atoms with Gasteiger partial charge >= 0.3 is 0 Å². The van der Waals surface area contributed by atoms with Crippen molar-refractivity contribution in [1.82, 2.24) is 0 Å². The molecule has 0 fully saturated rings. The van der Waals surface area contributed by atoms with E-state index in [1.54, 1.807) is 0 Å². The fourth-order valence-electron chi connectivity index (χ4n) is 1.48. The van der Waals surface area contributed by atoms with Gasteiger partial charge in [-0.05, 0) is 23.5 Å². The summed E-state index contributed by atoms with van der Waals surface area (Å²) in [7, 11) is 2.88. The molecule has 1 heteroatoms. The molecule has 0 nitrogen and oxygen atoms in total. The molecular weight excluding hydrogens is 187 g/mol. The first-order chi connectivity index (χ1) is 6.45. The van der Waals surface area contributed by atoms with Gasteiger partial charge in [0.2, 0.25) is 0 Å². The standard InChI is InChI=1S/C13H21P/c1-5-10(2)11-6-8-12(9-7-11)13(3,4)14/h6-10H,5,14H2,1-4H3. The molecule has 0 amide bonds. The lowest BCUT2D eigenvalue weighted by atomic mass is 9.94. The SMILES string of the molecule is CCC(C)c1ccc(C(C)(C)P)cc1. The van der Waals surface area contributed by atoms with Crippen molar-refractivity contribution in [3.63, 3.8) is 0 Å². The van der Waals surface area contributed by atoms with Crippen LogP contribution in [-0.4, -0.2) is 0 Å². The van der Waals surface area contributed by atoms with Gasteiger partial charge in [0.1, 0.15) is 0 Å². The van der Waals surface area contributed by atoms with Crippen LogP contribution in [0.3, 0.4) is 0 Å². The maximum atomic E-state index is 2.88. The molecule has 1 aromatic carbocycles. The molecule has 0 bridgehead atoms. The molecule has 2 unspecified atom stereocenters. The molecule has 0 N–H and O–H groups in total. The highest BCUT2D eigenvalue weighted by atomic mass is 31.0. The second-order valence-corrected chi connectivity index (χ2v) is 6.10. The number of benzene rings is 1. The van der Waals surface area contributed by atoms with Crippen molar-refractivity contribution in [2.45, 2.75) is 45.2 Å². The van der Waals surface area contributed by atoms with Crippen LogP contribution in [0.25, 0.3) is 0 Å². The fraction of sp³-hybridized carbons (Fsp3) is 0.538. The van der Waals surface area contributed by atoms with Gasteiger partial charge in [-0.3, -0.25) is 0 Å². The summed E-state index contributed by atoms with van der Waals surface area (Å²) in [6.45, 7) is 8.95. The van der Waals surface area contributed by atoms with Crippen molar-refractivity contribution in [1.29, 1.82) is 0 Å². The van der Waals surface area contributed by atoms with Gasteiger partial charge in [0, 0.05) is 5.16 Å². The Kier molecular flexibility index (Phi) is 3.72. The Bertz CT molecular complexity index is 279. The van der Waals surface area contributed by atoms with Crippen LogP contribution in [0, 0.1) is 0 Å². The third-order valence-electron chi connectivity index (χ3n) is 2.84. The first kappa shape index (κ1) is 11.7. The van der Waals surface area contributed by atoms with Crippen molar-refractivity contribution in [2.24, 2.45) is 0 Å². The number of rotatable bonds is 3. The van der Waals surface area contributed by atoms with E-state index in [0.717, 1.165) is 0 Å². The van der Waals surface area contributed by atoms with Crippen molar-refractivity contribution >= 4 is 9.24 Å². The molecule has 0 aliphatic carbocycles. The molecule has 1 rings (SSSR count). The van der Waals surface area contributed by atoms with Gasteiger partial charge in [-0.15, -0.1) is 9.24 Å². The third-order valence-corrected chi connectivity index (χ3v) is 3.17. The van der Waals surface area contributed by atoms with E-state index >= 15 is 0 Å². The maximum Gasteiger partial charge on any atom is 0.00413 e. The van der Waals surface area contributed by atoms with Gasteiger partial charge in [0.05, 0.1) is 0 Å². The van der Waals surface area contributed by atoms with Crippen LogP contribution in [0.15, 0.2) is 24.3 Å². The Morgan fingerprint density at radius 2 is 1.71 bits per heavy atom. The highest BCUT2D eigenvalue weighted by molar-refractivity contribution is 7.18. The van der Waals surface area contributed by atoms with Gasteiger partial charge in [0.25, 0.3) is 0 Å². The van der Waals surface area contributed by atoms with E-state index in [9.17, 15) is 0 Å². The average molecular weight is 208 g/mol. The normalized spacial score (nSPS) is 14.1. The summed E-state index contributed by atoms with van der Waals surface area (Å²) in [5.74, 6) is 0.677. The molecule has 0 saturated heterocycles. The Hall–Kier alpha value is -0.350. The highest BCUT2D eigenvalue weighted by Crippen LogP contribution is 2.31. The van der Waals surface area contributed by atoms with Crippen LogP contribution in [0.1, 0.15) is 51.2 Å². The van der Waals surface area contributed by atoms with Crippen LogP contribution in [0.2, 0.25) is 0 Å². The molecule has 0 radical (unpaired) electrons. The van der Waals surface area contributed by atoms with Crippen LogP contribution >= 0.6 is 9.24 Å². The smallest absolute Gasteiger partial charge is 0.00413 e. The second-order valence-electron chi connectivity index (χ2n) is 4.65. The Morgan fingerprint density at radius 1 is 1.21 bits per heavy atom. The minimum atomic E-state index is 0.188. The van der Waals surface area contributed by atoms with E-state index in [-0.39, 0.29) is 5.16 Å². The van der Waals surface area contributed by atoms with Gasteiger partial charge in [-0.25, -0.2) is 0 Å². The van der Waals surface area contributed by atoms with Crippen LogP contribution in [-0.2, 0) is 5.16 Å². The minimum absolute atomic E-state index is 0.188. The molecule has 0 aliphatic rings. The van der Waals surface area contributed by atoms with Crippen molar-refractivity contribution in [2.75, 3.05) is 0 Å². The van der Waals surface area contributed by atoms with Crippen LogP contribution in [0.5, 0.6) is 0 Å². The first-order valence-corrected chi connectivity index (χ1v) is 5.92. The minimum Gasteiger partial charge on any atom is -0.127 e. The van der Waals surface area contributed by atoms with E-state index in [2.05, 4.69) is 61.2 Å². The summed E-state index contributed by atoms with van der Waals surface area (Å²) in [4.78, 5) is 0. The van der Waals surface area contributed by atoms with Gasteiger partial charge < -0.3 is 0 Å². The summed E-state index contributed by atoms with van der Waals surface area (Å²) in [6, 6.07) is 9.01. The maximum absolute atomic E-state index is 2.88. The van der Waals surface area contributed by atoms with Gasteiger partial charge in [0.15, 0.2) is 0 Å². The Balaban J connectivity index is 2.89. The van der Waals surface area contributed by atoms with Gasteiger partial charge in [-0.1, -0.05) is 52.0 Å². The molecule has 0 aliphatic heterocycles. The molecule has 0 aromatic heterocycles. The van der Waals surface area contributed by atoms with Crippen LogP contribution in [0.4, 0.5) is 0 Å². The van der Waals surface area contributed by atoms with E-state index in [0.29, 0.717) is 5.92 Å². The predicted octanol–water partition coefficient (Wildman–Crippen LogP) is 4.31. The lowest BCUT2D eigenvalue weighted by Crippen LogP contribution is -2.06. The third kappa shape index (κ3) is 2.82. The zero-order chi connectivity index (χ0) is 10.8. The zero-order valence-electron chi connectivity index (χ0n) is 9.67. The van der Waals surface area contributed by atoms with Crippen molar-refractivity contribution < 1.29 is 0 Å². The molecule has 2 atom stereocenters. The topological polar surface area (TPSA) is 0 Å². The first-order valence-electron chi connectivity index (χ1n) is 5.34. The molecule has 78 valence electrons. The molecule has 0 heterocycles. The molecule has 0 saturated carbocycles. The molecule has 0 spiro atoms. The lowest BCUT2D eigenvalue weighted by molar-refractivity contribution is 0.729. The Labute approximate surface area is 90.3 Å². The quantitative estimate of drug-likeness (QED) is 0.649. The summed E-state index contributed by atoms with van der Waals surface area (Å²) in [5, 5.41) is 0.188. The fourth-order valence-corrected chi connectivity index (χ4v) is 1.67. The van der Waals surface area contributed by atoms with Crippen molar-refractivity contribution in [3.8, 4) is 0 Å². The van der Waals surface area contributed by atoms with E-state index in [4.69, 9.17) is 0 Å². The second kappa shape index (κ2) is 4.45. The Morgan fingerprint density at radius 3 is 2.07 bits per heavy atom. The van der Waals surface area contributed by atoms with Crippen LogP contribution < -0.4 is 0 Å². The van der Waals surface area contributed by atoms with E-state index in [1.807, 2.05) is 0 Å². The van der Waals surface area contributed by atoms with E-state index in [1.165, 1.54) is 17.5 Å². The molecule has 14 heavy (non-hydrogen) atoms. The summed E-state index contributed by atoms with van der Waals surface area (Å²) in [6.07, 6.45) is 1.21. The highest BCUT2D eigenvalue weighted by Gasteiger charge is 2.13.